The van der Waals surface area contributed by atoms with Gasteiger partial charge in [0.25, 0.3) is 0 Å². The fourth-order valence-electron chi connectivity index (χ4n) is 9.41. The minimum Gasteiger partial charge on any atom is -0.387 e. The molecule has 0 aromatic heterocycles. The highest BCUT2D eigenvalue weighted by Gasteiger charge is 2.27. The Morgan fingerprint density at radius 3 is 1.11 bits per heavy atom. The second-order valence-corrected chi connectivity index (χ2v) is 24.2. The molecule has 426 valence electrons. The highest BCUT2D eigenvalue weighted by molar-refractivity contribution is 7.47. The third kappa shape index (κ3) is 56.4. The van der Waals surface area contributed by atoms with Crippen molar-refractivity contribution in [1.29, 1.82) is 0 Å². The quantitative estimate of drug-likeness (QED) is 0.0243. The van der Waals surface area contributed by atoms with Gasteiger partial charge in [0, 0.05) is 6.42 Å². The molecule has 3 unspecified atom stereocenters. The third-order valence-corrected chi connectivity index (χ3v) is 15.3. The molecule has 0 radical (unpaired) electrons. The number of phosphoric ester groups is 1. The van der Waals surface area contributed by atoms with Gasteiger partial charge in [-0.3, -0.25) is 13.8 Å². The van der Waals surface area contributed by atoms with Crippen molar-refractivity contribution in [2.45, 2.75) is 321 Å². The monoisotopic (exact) mass is 1040 g/mol. The first-order valence-electron chi connectivity index (χ1n) is 31.4. The molecule has 0 spiro atoms. The number of hydrogen-bond acceptors (Lipinski definition) is 5. The maximum absolute atomic E-state index is 13.0. The van der Waals surface area contributed by atoms with E-state index >= 15 is 0 Å². The van der Waals surface area contributed by atoms with E-state index in [1.807, 2.05) is 27.2 Å². The van der Waals surface area contributed by atoms with Crippen LogP contribution in [0, 0.1) is 0 Å². The van der Waals surface area contributed by atoms with Crippen LogP contribution in [0.4, 0.5) is 0 Å². The van der Waals surface area contributed by atoms with E-state index < -0.39 is 20.0 Å². The van der Waals surface area contributed by atoms with Crippen LogP contribution in [0.3, 0.4) is 0 Å². The SMILES string of the molecule is CCCCCCCCCCCCCC/C=C\CCCCCCCCCCCCCCC(=O)NC(COP(=O)(O)OCC[N+](C)(C)C)C(O)/C=C/CC/C=C/CCCCCCCCCCCCCCCCCC. The average Bonchev–Trinajstić information content (AvgIpc) is 3.34. The van der Waals surface area contributed by atoms with Crippen molar-refractivity contribution < 1.29 is 32.9 Å². The molecular formula is C63H124N2O6P+. The molecule has 0 aromatic carbocycles. The minimum atomic E-state index is -4.36. The molecule has 0 saturated carbocycles. The van der Waals surface area contributed by atoms with E-state index in [1.54, 1.807) is 6.08 Å². The van der Waals surface area contributed by atoms with Crippen molar-refractivity contribution in [2.75, 3.05) is 40.9 Å². The molecule has 1 amide bonds. The number of allylic oxidation sites excluding steroid dienone is 5. The second-order valence-electron chi connectivity index (χ2n) is 22.8. The van der Waals surface area contributed by atoms with Gasteiger partial charge >= 0.3 is 7.82 Å². The summed E-state index contributed by atoms with van der Waals surface area (Å²) >= 11 is 0. The van der Waals surface area contributed by atoms with Crippen LogP contribution < -0.4 is 5.32 Å². The van der Waals surface area contributed by atoms with Crippen LogP contribution in [0.1, 0.15) is 309 Å². The van der Waals surface area contributed by atoms with Gasteiger partial charge in [0.15, 0.2) is 0 Å². The summed E-state index contributed by atoms with van der Waals surface area (Å²) in [5.74, 6) is -0.183. The number of carbonyl (C=O) groups is 1. The minimum absolute atomic E-state index is 0.0571. The summed E-state index contributed by atoms with van der Waals surface area (Å²) < 4.78 is 23.7. The van der Waals surface area contributed by atoms with Crippen LogP contribution in [0.15, 0.2) is 36.5 Å². The smallest absolute Gasteiger partial charge is 0.387 e. The molecule has 0 rings (SSSR count). The molecule has 0 aliphatic carbocycles. The molecule has 8 nitrogen and oxygen atoms in total. The summed E-state index contributed by atoms with van der Waals surface area (Å²) in [6.45, 7) is 4.84. The molecule has 9 heteroatoms. The zero-order valence-electron chi connectivity index (χ0n) is 48.7. The highest BCUT2D eigenvalue weighted by Crippen LogP contribution is 2.43. The van der Waals surface area contributed by atoms with Crippen molar-refractivity contribution in [3.63, 3.8) is 0 Å². The van der Waals surface area contributed by atoms with E-state index in [1.165, 1.54) is 250 Å². The van der Waals surface area contributed by atoms with Gasteiger partial charge in [-0.1, -0.05) is 281 Å². The lowest BCUT2D eigenvalue weighted by atomic mass is 10.0. The molecule has 0 bridgehead atoms. The summed E-state index contributed by atoms with van der Waals surface area (Å²) in [7, 11) is 1.57. The number of unbranched alkanes of at least 4 members (excludes halogenated alkanes) is 41. The van der Waals surface area contributed by atoms with Crippen LogP contribution in [0.2, 0.25) is 0 Å². The van der Waals surface area contributed by atoms with E-state index in [0.717, 1.165) is 38.5 Å². The predicted molar refractivity (Wildman–Crippen MR) is 314 cm³/mol. The summed E-state index contributed by atoms with van der Waals surface area (Å²) in [5, 5.41) is 13.9. The van der Waals surface area contributed by atoms with E-state index in [-0.39, 0.29) is 19.1 Å². The Labute approximate surface area is 448 Å². The molecule has 72 heavy (non-hydrogen) atoms. The predicted octanol–water partition coefficient (Wildman–Crippen LogP) is 19.3. The molecule has 3 atom stereocenters. The van der Waals surface area contributed by atoms with Gasteiger partial charge in [-0.05, 0) is 57.8 Å². The number of phosphoric acid groups is 1. The normalized spacial score (nSPS) is 14.0. The van der Waals surface area contributed by atoms with Gasteiger partial charge in [-0.25, -0.2) is 4.57 Å². The Morgan fingerprint density at radius 2 is 0.764 bits per heavy atom. The number of hydrogen-bond donors (Lipinski definition) is 3. The fraction of sp³-hybridized carbons (Fsp3) is 0.889. The summed E-state index contributed by atoms with van der Waals surface area (Å²) in [6.07, 6.45) is 71.3. The first kappa shape index (κ1) is 70.7. The maximum Gasteiger partial charge on any atom is 0.472 e. The van der Waals surface area contributed by atoms with Crippen molar-refractivity contribution in [1.82, 2.24) is 5.32 Å². The van der Waals surface area contributed by atoms with Crippen LogP contribution in [0.25, 0.3) is 0 Å². The molecule has 0 saturated heterocycles. The lowest BCUT2D eigenvalue weighted by Crippen LogP contribution is -2.45. The molecule has 0 fully saturated rings. The number of likely N-dealkylation sites (N-methyl/N-ethyl adjacent to an activating group) is 1. The summed E-state index contributed by atoms with van der Waals surface area (Å²) in [5.41, 5.74) is 0. The van der Waals surface area contributed by atoms with Crippen molar-refractivity contribution in [3.8, 4) is 0 Å². The lowest BCUT2D eigenvalue weighted by Gasteiger charge is -2.25. The molecule has 0 aliphatic rings. The van der Waals surface area contributed by atoms with Gasteiger partial charge < -0.3 is 19.8 Å². The number of carbonyl (C=O) groups excluding carboxylic acids is 1. The van der Waals surface area contributed by atoms with Gasteiger partial charge in [0.05, 0.1) is 39.9 Å². The van der Waals surface area contributed by atoms with Crippen molar-refractivity contribution >= 4 is 13.7 Å². The Balaban J connectivity index is 4.16. The van der Waals surface area contributed by atoms with E-state index in [2.05, 4.69) is 43.5 Å². The zero-order valence-corrected chi connectivity index (χ0v) is 49.6. The fourth-order valence-corrected chi connectivity index (χ4v) is 10.1. The van der Waals surface area contributed by atoms with Gasteiger partial charge in [0.1, 0.15) is 13.2 Å². The van der Waals surface area contributed by atoms with Gasteiger partial charge in [-0.15, -0.1) is 0 Å². The highest BCUT2D eigenvalue weighted by atomic mass is 31.2. The Morgan fingerprint density at radius 1 is 0.458 bits per heavy atom. The number of aliphatic hydroxyl groups excluding tert-OH is 1. The van der Waals surface area contributed by atoms with E-state index in [4.69, 9.17) is 9.05 Å². The maximum atomic E-state index is 13.0. The molecular weight excluding hydrogens is 912 g/mol. The Hall–Kier alpha value is -1.28. The van der Waals surface area contributed by atoms with Crippen molar-refractivity contribution in [3.05, 3.63) is 36.5 Å². The number of nitrogens with zero attached hydrogens (tertiary/aromatic N) is 1. The van der Waals surface area contributed by atoms with Gasteiger partial charge in [-0.2, -0.15) is 0 Å². The van der Waals surface area contributed by atoms with Crippen LogP contribution in [-0.2, 0) is 18.4 Å². The standard InChI is InChI=1S/C63H123N2O6P/c1-6-8-10-12-14-16-18-20-22-24-26-28-30-31-32-33-34-35-37-39-41-43-45-47-49-51-53-55-57-63(67)64-61(60-71-72(68,69)70-59-58-65(3,4)5)62(66)56-54-52-50-48-46-44-42-40-38-36-29-27-25-23-21-19-17-15-13-11-9-7-2/h31-32,46,48,54,56,61-62,66H,6-30,33-45,47,49-53,55,57-60H2,1-5H3,(H-,64,67,68,69)/p+1/b32-31-,48-46+,56-54+. The van der Waals surface area contributed by atoms with E-state index in [0.29, 0.717) is 17.4 Å². The van der Waals surface area contributed by atoms with Crippen molar-refractivity contribution in [2.24, 2.45) is 0 Å². The topological polar surface area (TPSA) is 105 Å². The molecule has 0 aliphatic heterocycles. The zero-order chi connectivity index (χ0) is 52.7. The molecule has 0 heterocycles. The number of quaternary nitrogens is 1. The number of amides is 1. The van der Waals surface area contributed by atoms with Gasteiger partial charge in [0.2, 0.25) is 5.91 Å². The third-order valence-electron chi connectivity index (χ3n) is 14.3. The number of rotatable bonds is 58. The number of aliphatic hydroxyl groups is 1. The largest absolute Gasteiger partial charge is 0.472 e. The van der Waals surface area contributed by atoms with Crippen LogP contribution >= 0.6 is 7.82 Å². The number of nitrogens with one attached hydrogen (secondary N) is 1. The average molecular weight is 1040 g/mol. The first-order valence-corrected chi connectivity index (χ1v) is 32.9. The first-order chi connectivity index (χ1) is 35.0. The Kier molecular flexibility index (Phi) is 53.5. The van der Waals surface area contributed by atoms with E-state index in [9.17, 15) is 19.4 Å². The van der Waals surface area contributed by atoms with Crippen LogP contribution in [0.5, 0.6) is 0 Å². The summed E-state index contributed by atoms with van der Waals surface area (Å²) in [4.78, 5) is 23.3. The second kappa shape index (κ2) is 54.5. The van der Waals surface area contributed by atoms with Crippen LogP contribution in [-0.4, -0.2) is 73.4 Å². The molecule has 0 aromatic rings. The lowest BCUT2D eigenvalue weighted by molar-refractivity contribution is -0.870. The Bertz CT molecular complexity index is 1270. The molecule has 3 N–H and O–H groups in total. The summed E-state index contributed by atoms with van der Waals surface area (Å²) in [6, 6.07) is -0.864.